The van der Waals surface area contributed by atoms with Crippen molar-refractivity contribution in [2.75, 3.05) is 19.7 Å². The first-order chi connectivity index (χ1) is 21.6. The van der Waals surface area contributed by atoms with Crippen molar-refractivity contribution in [1.82, 2.24) is 19.9 Å². The molecular weight excluding hydrogens is 646 g/mol. The van der Waals surface area contributed by atoms with Crippen LogP contribution in [0.25, 0.3) is 11.3 Å². The van der Waals surface area contributed by atoms with Gasteiger partial charge >= 0.3 is 6.18 Å². The average molecular weight is 677 g/mol. The lowest BCUT2D eigenvalue weighted by molar-refractivity contribution is -0.179. The van der Waals surface area contributed by atoms with Crippen LogP contribution in [-0.2, 0) is 15.7 Å². The number of amides is 1. The van der Waals surface area contributed by atoms with E-state index in [-0.39, 0.29) is 48.7 Å². The summed E-state index contributed by atoms with van der Waals surface area (Å²) in [7, 11) is 0. The van der Waals surface area contributed by atoms with Gasteiger partial charge in [-0.05, 0) is 36.6 Å². The maximum Gasteiger partial charge on any atom is 0.416 e. The topological polar surface area (TPSA) is 141 Å². The van der Waals surface area contributed by atoms with Gasteiger partial charge in [-0.15, -0.1) is 16.9 Å². The number of aliphatic hydroxyl groups excluding tert-OH is 3. The molecule has 1 amide bonds. The lowest BCUT2D eigenvalue weighted by atomic mass is 9.83. The van der Waals surface area contributed by atoms with Crippen molar-refractivity contribution in [3.63, 3.8) is 0 Å². The Morgan fingerprint density at radius 2 is 1.74 bits per heavy atom. The smallest absolute Gasteiger partial charge is 0.394 e. The molecule has 2 fully saturated rings. The van der Waals surface area contributed by atoms with Crippen LogP contribution in [0.15, 0.2) is 42.6 Å². The number of piperidine rings is 1. The van der Waals surface area contributed by atoms with Gasteiger partial charge in [0.15, 0.2) is 17.5 Å². The van der Waals surface area contributed by atoms with Gasteiger partial charge in [-0.3, -0.25) is 4.79 Å². The molecule has 2 saturated heterocycles. The molecule has 3 aromatic rings. The molecule has 6 atom stereocenters. The van der Waals surface area contributed by atoms with E-state index in [1.54, 1.807) is 0 Å². The maximum absolute atomic E-state index is 14.2. The Hall–Kier alpha value is -3.22. The zero-order chi connectivity index (χ0) is 33.6. The summed E-state index contributed by atoms with van der Waals surface area (Å²) in [5.74, 6) is -4.96. The standard InChI is InChI=1S/C29H30F6N4O6S/c1-14(41)38-8-6-28(44,7-9-38)26(16-4-2-3-5-17(16)29(33,34)35)46-27-25(43)23(24(42)21(13-40)45-27)39-12-20(36-37-39)15-10-18(30)22(32)19(31)11-15/h2-5,10-12,21,23-27,40,42-44H,6-9,13H2,1H3/t21-,23+,24+,25-,26-,27+/m1/s1. The molecule has 0 unspecified atom stereocenters. The summed E-state index contributed by atoms with van der Waals surface area (Å²) in [6.07, 6.45) is -8.73. The highest BCUT2D eigenvalue weighted by Gasteiger charge is 2.51. The highest BCUT2D eigenvalue weighted by molar-refractivity contribution is 8.00. The molecule has 46 heavy (non-hydrogen) atoms. The molecule has 0 saturated carbocycles. The SMILES string of the molecule is CC(=O)N1CCC(O)([C@H](S[C@@H]2O[C@H](CO)[C@H](O)[C@H](n3cc(-c4cc(F)c(F)c(F)c4)nn3)[C@H]2O)c2ccccc2C(F)(F)F)CC1. The van der Waals surface area contributed by atoms with Crippen molar-refractivity contribution in [1.29, 1.82) is 0 Å². The number of thioether (sulfide) groups is 1. The van der Waals surface area contributed by atoms with Crippen molar-refractivity contribution < 1.29 is 56.3 Å². The van der Waals surface area contributed by atoms with Crippen LogP contribution in [0.5, 0.6) is 0 Å². The third kappa shape index (κ3) is 6.61. The number of aliphatic hydroxyl groups is 4. The quantitative estimate of drug-likeness (QED) is 0.219. The normalized spacial score (nSPS) is 25.8. The van der Waals surface area contributed by atoms with Crippen LogP contribution in [0.1, 0.15) is 42.2 Å². The molecule has 0 bridgehead atoms. The molecule has 0 spiro atoms. The number of hydrogen-bond acceptors (Lipinski definition) is 9. The number of hydrogen-bond donors (Lipinski definition) is 4. The van der Waals surface area contributed by atoms with E-state index in [0.717, 1.165) is 16.9 Å². The number of aromatic nitrogens is 3. The summed E-state index contributed by atoms with van der Waals surface area (Å²) in [4.78, 5) is 13.4. The fraction of sp³-hybridized carbons (Fsp3) is 0.483. The van der Waals surface area contributed by atoms with Crippen molar-refractivity contribution >= 4 is 17.7 Å². The summed E-state index contributed by atoms with van der Waals surface area (Å²) in [5, 5.41) is 50.6. The molecule has 2 aliphatic rings. The lowest BCUT2D eigenvalue weighted by Gasteiger charge is -2.47. The van der Waals surface area contributed by atoms with E-state index in [0.29, 0.717) is 23.9 Å². The molecule has 250 valence electrons. The summed E-state index contributed by atoms with van der Waals surface area (Å²) in [6, 6.07) is 4.50. The second-order valence-corrected chi connectivity index (χ2v) is 12.5. The monoisotopic (exact) mass is 676 g/mol. The zero-order valence-electron chi connectivity index (χ0n) is 24.1. The van der Waals surface area contributed by atoms with Gasteiger partial charge in [0.25, 0.3) is 0 Å². The van der Waals surface area contributed by atoms with Gasteiger partial charge < -0.3 is 30.1 Å². The van der Waals surface area contributed by atoms with Gasteiger partial charge in [-0.1, -0.05) is 23.4 Å². The predicted octanol–water partition coefficient (Wildman–Crippen LogP) is 3.21. The number of rotatable bonds is 7. The second kappa shape index (κ2) is 13.1. The molecule has 2 aromatic carbocycles. The summed E-state index contributed by atoms with van der Waals surface area (Å²) in [6.45, 7) is 0.649. The molecule has 17 heteroatoms. The predicted molar refractivity (Wildman–Crippen MR) is 150 cm³/mol. The van der Waals surface area contributed by atoms with E-state index in [4.69, 9.17) is 4.74 Å². The van der Waals surface area contributed by atoms with Gasteiger partial charge in [-0.2, -0.15) is 13.2 Å². The lowest BCUT2D eigenvalue weighted by Crippen LogP contribution is -2.56. The number of ether oxygens (including phenoxy) is 1. The number of benzene rings is 2. The van der Waals surface area contributed by atoms with Crippen LogP contribution in [-0.4, -0.2) is 95.3 Å². The van der Waals surface area contributed by atoms with E-state index >= 15 is 0 Å². The number of likely N-dealkylation sites (tertiary alicyclic amines) is 1. The van der Waals surface area contributed by atoms with Crippen LogP contribution >= 0.6 is 11.8 Å². The Bertz CT molecular complexity index is 1550. The van der Waals surface area contributed by atoms with E-state index in [1.165, 1.54) is 30.0 Å². The van der Waals surface area contributed by atoms with Crippen LogP contribution < -0.4 is 0 Å². The van der Waals surface area contributed by atoms with Gasteiger partial charge in [0.05, 0.1) is 29.2 Å². The fourth-order valence-electron chi connectivity index (χ4n) is 5.83. The minimum absolute atomic E-state index is 0.0536. The molecule has 3 heterocycles. The van der Waals surface area contributed by atoms with Crippen LogP contribution in [0.4, 0.5) is 26.3 Å². The minimum atomic E-state index is -4.82. The highest BCUT2D eigenvalue weighted by atomic mass is 32.2. The first-order valence-corrected chi connectivity index (χ1v) is 15.1. The van der Waals surface area contributed by atoms with Gasteiger partial charge in [0.2, 0.25) is 5.91 Å². The van der Waals surface area contributed by atoms with Crippen LogP contribution in [0.2, 0.25) is 0 Å². The first kappa shape index (κ1) is 34.1. The van der Waals surface area contributed by atoms with Gasteiger partial charge in [-0.25, -0.2) is 17.9 Å². The van der Waals surface area contributed by atoms with Crippen LogP contribution in [0, 0.1) is 17.5 Å². The van der Waals surface area contributed by atoms with Crippen molar-refractivity contribution in [2.24, 2.45) is 0 Å². The molecule has 0 aliphatic carbocycles. The Morgan fingerprint density at radius 1 is 1.11 bits per heavy atom. The first-order valence-electron chi connectivity index (χ1n) is 14.1. The fourth-order valence-corrected chi connectivity index (χ4v) is 7.47. The molecular formula is C29H30F6N4O6S. The Morgan fingerprint density at radius 3 is 2.33 bits per heavy atom. The van der Waals surface area contributed by atoms with Gasteiger partial charge in [0, 0.05) is 25.6 Å². The highest BCUT2D eigenvalue weighted by Crippen LogP contribution is 2.51. The van der Waals surface area contributed by atoms with E-state index in [1.807, 2.05) is 0 Å². The second-order valence-electron chi connectivity index (χ2n) is 11.2. The molecule has 10 nitrogen and oxygen atoms in total. The third-order valence-electron chi connectivity index (χ3n) is 8.33. The van der Waals surface area contributed by atoms with Crippen LogP contribution in [0.3, 0.4) is 0 Å². The van der Waals surface area contributed by atoms with E-state index in [9.17, 15) is 51.6 Å². The molecule has 5 rings (SSSR count). The number of alkyl halides is 3. The van der Waals surface area contributed by atoms with E-state index in [2.05, 4.69) is 10.3 Å². The molecule has 2 aliphatic heterocycles. The van der Waals surface area contributed by atoms with E-state index < -0.39 is 76.4 Å². The Balaban J connectivity index is 1.51. The molecule has 4 N–H and O–H groups in total. The Labute approximate surface area is 262 Å². The van der Waals surface area contributed by atoms with Crippen molar-refractivity contribution in [3.05, 3.63) is 71.2 Å². The van der Waals surface area contributed by atoms with Crippen molar-refractivity contribution in [2.45, 2.75) is 66.6 Å². The molecule has 1 aromatic heterocycles. The summed E-state index contributed by atoms with van der Waals surface area (Å²) in [5.41, 5.74) is -5.02. The summed E-state index contributed by atoms with van der Waals surface area (Å²) < 4.78 is 90.6. The number of carbonyl (C=O) groups is 1. The molecule has 0 radical (unpaired) electrons. The minimum Gasteiger partial charge on any atom is -0.394 e. The van der Waals surface area contributed by atoms with Crippen molar-refractivity contribution in [3.8, 4) is 11.3 Å². The largest absolute Gasteiger partial charge is 0.416 e. The number of carbonyl (C=O) groups excluding carboxylic acids is 1. The average Bonchev–Trinajstić information content (AvgIpc) is 3.49. The Kier molecular flexibility index (Phi) is 9.73. The third-order valence-corrected chi connectivity index (χ3v) is 9.95. The number of halogens is 6. The summed E-state index contributed by atoms with van der Waals surface area (Å²) >= 11 is 0.650. The van der Waals surface area contributed by atoms with Gasteiger partial charge in [0.1, 0.15) is 35.5 Å². The number of nitrogens with zero attached hydrogens (tertiary/aromatic N) is 4. The maximum atomic E-state index is 14.2. The zero-order valence-corrected chi connectivity index (χ0v) is 24.9.